The number of thioether (sulfide) groups is 2. The first-order valence-electron chi connectivity index (χ1n) is 7.22. The van der Waals surface area contributed by atoms with E-state index in [-0.39, 0.29) is 0 Å². The third-order valence-electron chi connectivity index (χ3n) is 4.05. The van der Waals surface area contributed by atoms with Gasteiger partial charge in [-0.05, 0) is 30.1 Å². The van der Waals surface area contributed by atoms with Gasteiger partial charge in [0, 0.05) is 0 Å². The Labute approximate surface area is 136 Å². The van der Waals surface area contributed by atoms with Gasteiger partial charge in [0.05, 0.1) is 12.9 Å². The second-order valence-corrected chi connectivity index (χ2v) is 8.38. The second-order valence-electron chi connectivity index (χ2n) is 5.44. The molecule has 0 spiro atoms. The molecule has 2 fully saturated rings. The lowest BCUT2D eigenvalue weighted by Gasteiger charge is -2.48. The van der Waals surface area contributed by atoms with Crippen molar-refractivity contribution in [2.45, 2.75) is 41.0 Å². The minimum Gasteiger partial charge on any atom is -0.467 e. The summed E-state index contributed by atoms with van der Waals surface area (Å²) in [5.74, 6) is 2.41. The molecule has 22 heavy (non-hydrogen) atoms. The van der Waals surface area contributed by atoms with Crippen molar-refractivity contribution < 1.29 is 29.6 Å². The van der Waals surface area contributed by atoms with Gasteiger partial charge in [-0.25, -0.2) is 0 Å². The summed E-state index contributed by atoms with van der Waals surface area (Å²) in [6.45, 7) is -0.426. The Morgan fingerprint density at radius 1 is 1.14 bits per heavy atom. The summed E-state index contributed by atoms with van der Waals surface area (Å²) in [5.41, 5.74) is 0. The van der Waals surface area contributed by atoms with Crippen molar-refractivity contribution in [3.63, 3.8) is 0 Å². The number of aliphatic hydroxyl groups excluding tert-OH is 4. The van der Waals surface area contributed by atoms with Gasteiger partial charge in [-0.15, -0.1) is 23.5 Å². The van der Waals surface area contributed by atoms with Crippen LogP contribution in [0.4, 0.5) is 0 Å². The van der Waals surface area contributed by atoms with Crippen LogP contribution in [0.15, 0.2) is 22.8 Å². The van der Waals surface area contributed by atoms with Crippen molar-refractivity contribution in [2.24, 2.45) is 0 Å². The molecule has 2 aliphatic heterocycles. The summed E-state index contributed by atoms with van der Waals surface area (Å²) in [5, 5.41) is 39.9. The van der Waals surface area contributed by atoms with Gasteiger partial charge in [0.25, 0.3) is 0 Å². The molecule has 4 N–H and O–H groups in total. The largest absolute Gasteiger partial charge is 0.467 e. The number of rotatable bonds is 3. The Morgan fingerprint density at radius 3 is 2.45 bits per heavy atom. The lowest BCUT2D eigenvalue weighted by Crippen LogP contribution is -2.63. The lowest BCUT2D eigenvalue weighted by atomic mass is 9.92. The summed E-state index contributed by atoms with van der Waals surface area (Å²) < 4.78 is 10.7. The van der Waals surface area contributed by atoms with E-state index in [0.29, 0.717) is 5.76 Å². The monoisotopic (exact) mass is 348 g/mol. The van der Waals surface area contributed by atoms with Crippen molar-refractivity contribution >= 4 is 23.5 Å². The minimum absolute atomic E-state index is 0.426. The minimum atomic E-state index is -1.37. The van der Waals surface area contributed by atoms with E-state index in [4.69, 9.17) is 9.15 Å². The molecule has 0 amide bonds. The number of hydrogen-bond acceptors (Lipinski definition) is 8. The van der Waals surface area contributed by atoms with Crippen molar-refractivity contribution in [3.8, 4) is 0 Å². The average molecular weight is 348 g/mol. The maximum absolute atomic E-state index is 10.5. The summed E-state index contributed by atoms with van der Waals surface area (Å²) in [4.78, 5) is 0. The highest BCUT2D eigenvalue weighted by molar-refractivity contribution is 8.18. The molecule has 1 aromatic rings. The van der Waals surface area contributed by atoms with Crippen LogP contribution in [0.25, 0.3) is 0 Å². The summed E-state index contributed by atoms with van der Waals surface area (Å²) in [6.07, 6.45) is -3.07. The maximum Gasteiger partial charge on any atom is 0.148 e. The molecule has 2 saturated heterocycles. The first-order valence-corrected chi connectivity index (χ1v) is 9.19. The van der Waals surface area contributed by atoms with E-state index in [1.54, 1.807) is 35.9 Å². The number of hydrogen-bond donors (Lipinski definition) is 4. The van der Waals surface area contributed by atoms with E-state index in [2.05, 4.69) is 0 Å². The predicted molar refractivity (Wildman–Crippen MR) is 83.7 cm³/mol. The maximum atomic E-state index is 10.5. The highest BCUT2D eigenvalue weighted by Crippen LogP contribution is 2.55. The SMILES string of the molecule is OCC1O[C@@H](C2(c3ccco3)SCCCS2)C(O)C(O)[C@H]1O. The third kappa shape index (κ3) is 2.71. The molecule has 0 aromatic carbocycles. The first-order chi connectivity index (χ1) is 10.6. The first kappa shape index (κ1) is 16.6. The van der Waals surface area contributed by atoms with Crippen LogP contribution in [-0.4, -0.2) is 69.1 Å². The molecule has 0 aliphatic carbocycles. The van der Waals surface area contributed by atoms with E-state index in [1.165, 1.54) is 0 Å². The molecule has 124 valence electrons. The van der Waals surface area contributed by atoms with Gasteiger partial charge >= 0.3 is 0 Å². The zero-order valence-corrected chi connectivity index (χ0v) is 13.5. The van der Waals surface area contributed by atoms with Crippen LogP contribution < -0.4 is 0 Å². The highest BCUT2D eigenvalue weighted by atomic mass is 32.2. The number of furan rings is 1. The molecule has 5 atom stereocenters. The highest BCUT2D eigenvalue weighted by Gasteiger charge is 2.56. The van der Waals surface area contributed by atoms with Crippen molar-refractivity contribution in [1.82, 2.24) is 0 Å². The molecule has 0 bridgehead atoms. The Morgan fingerprint density at radius 2 is 1.86 bits per heavy atom. The van der Waals surface area contributed by atoms with Crippen LogP contribution in [0.1, 0.15) is 12.2 Å². The van der Waals surface area contributed by atoms with Gasteiger partial charge in [-0.3, -0.25) is 0 Å². The molecule has 0 saturated carbocycles. The lowest BCUT2D eigenvalue weighted by molar-refractivity contribution is -0.232. The molecular formula is C14H20O6S2. The fourth-order valence-electron chi connectivity index (χ4n) is 2.89. The predicted octanol–water partition coefficient (Wildman–Crippen LogP) is 0.145. The van der Waals surface area contributed by atoms with Gasteiger partial charge in [-0.1, -0.05) is 0 Å². The zero-order valence-electron chi connectivity index (χ0n) is 11.9. The standard InChI is InChI=1S/C14H20O6S2/c15-7-8-10(16)11(17)12(18)13(20-8)14(9-3-1-4-19-9)21-5-2-6-22-14/h1,3-4,8,10-13,15-18H,2,5-7H2/t8?,10-,11?,12?,13+/m0/s1. The van der Waals surface area contributed by atoms with Gasteiger partial charge in [-0.2, -0.15) is 0 Å². The van der Waals surface area contributed by atoms with E-state index < -0.39 is 41.2 Å². The molecule has 8 heteroatoms. The summed E-state index contributed by atoms with van der Waals surface area (Å²) >= 11 is 3.21. The number of aliphatic hydroxyl groups is 4. The Balaban J connectivity index is 1.96. The number of ether oxygens (including phenoxy) is 1. The topological polar surface area (TPSA) is 103 Å². The van der Waals surface area contributed by atoms with Gasteiger partial charge in [0.15, 0.2) is 0 Å². The average Bonchev–Trinajstić information content (AvgIpc) is 3.09. The quantitative estimate of drug-likeness (QED) is 0.612. The van der Waals surface area contributed by atoms with Gasteiger partial charge in [0.2, 0.25) is 0 Å². The fraction of sp³-hybridized carbons (Fsp3) is 0.714. The second kappa shape index (κ2) is 6.72. The van der Waals surface area contributed by atoms with Crippen LogP contribution >= 0.6 is 23.5 Å². The van der Waals surface area contributed by atoms with Crippen LogP contribution in [0.2, 0.25) is 0 Å². The van der Waals surface area contributed by atoms with Crippen molar-refractivity contribution in [2.75, 3.05) is 18.1 Å². The van der Waals surface area contributed by atoms with Crippen LogP contribution in [0, 0.1) is 0 Å². The van der Waals surface area contributed by atoms with Crippen molar-refractivity contribution in [3.05, 3.63) is 24.2 Å². The fourth-order valence-corrected chi connectivity index (χ4v) is 6.32. The van der Waals surface area contributed by atoms with Crippen LogP contribution in [-0.2, 0) is 8.82 Å². The Hall–Kier alpha value is -0.220. The molecule has 3 heterocycles. The van der Waals surface area contributed by atoms with Crippen LogP contribution in [0.5, 0.6) is 0 Å². The Bertz CT molecular complexity index is 474. The molecular weight excluding hydrogens is 328 g/mol. The summed E-state index contributed by atoms with van der Waals surface area (Å²) in [6, 6.07) is 3.60. The normalized spacial score (nSPS) is 38.8. The van der Waals surface area contributed by atoms with E-state index >= 15 is 0 Å². The molecule has 6 nitrogen and oxygen atoms in total. The van der Waals surface area contributed by atoms with Gasteiger partial charge < -0.3 is 29.6 Å². The molecule has 2 aliphatic rings. The molecule has 0 radical (unpaired) electrons. The summed E-state index contributed by atoms with van der Waals surface area (Å²) in [7, 11) is 0. The third-order valence-corrected chi connectivity index (χ3v) is 7.47. The van der Waals surface area contributed by atoms with Gasteiger partial charge in [0.1, 0.15) is 40.4 Å². The Kier molecular flexibility index (Phi) is 5.08. The van der Waals surface area contributed by atoms with E-state index in [1.807, 2.05) is 6.07 Å². The molecule has 1 aromatic heterocycles. The molecule has 3 unspecified atom stereocenters. The smallest absolute Gasteiger partial charge is 0.148 e. The van der Waals surface area contributed by atoms with Crippen molar-refractivity contribution in [1.29, 1.82) is 0 Å². The zero-order chi connectivity index (χ0) is 15.7. The van der Waals surface area contributed by atoms with E-state index in [9.17, 15) is 20.4 Å². The molecule has 3 rings (SSSR count). The van der Waals surface area contributed by atoms with E-state index in [0.717, 1.165) is 17.9 Å². The van der Waals surface area contributed by atoms with Crippen LogP contribution in [0.3, 0.4) is 0 Å².